The van der Waals surface area contributed by atoms with E-state index in [1.807, 2.05) is 51.1 Å². The summed E-state index contributed by atoms with van der Waals surface area (Å²) in [5.74, 6) is -0.378. The molecule has 0 saturated carbocycles. The maximum Gasteiger partial charge on any atom is 0.411 e. The molecule has 0 aromatic heterocycles. The minimum absolute atomic E-state index is 0.206. The van der Waals surface area contributed by atoms with Crippen molar-refractivity contribution in [2.24, 2.45) is 0 Å². The Morgan fingerprint density at radius 3 is 2.46 bits per heavy atom. The molecule has 5 nitrogen and oxygen atoms in total. The van der Waals surface area contributed by atoms with Gasteiger partial charge in [0.25, 0.3) is 0 Å². The molecule has 1 heterocycles. The van der Waals surface area contributed by atoms with Crippen molar-refractivity contribution < 1.29 is 19.1 Å². The molecular weight excluding hydrogens is 306 g/mol. The molecule has 24 heavy (non-hydrogen) atoms. The molecule has 132 valence electrons. The number of carbonyl (C=O) groups is 2. The van der Waals surface area contributed by atoms with Crippen LogP contribution in [0.25, 0.3) is 0 Å². The summed E-state index contributed by atoms with van der Waals surface area (Å²) in [5.41, 5.74) is -0.646. The van der Waals surface area contributed by atoms with E-state index >= 15 is 0 Å². The lowest BCUT2D eigenvalue weighted by atomic mass is 9.89. The number of carbonyl (C=O) groups excluding carboxylic acids is 2. The van der Waals surface area contributed by atoms with Crippen molar-refractivity contribution in [3.63, 3.8) is 0 Å². The topological polar surface area (TPSA) is 55.8 Å². The van der Waals surface area contributed by atoms with Crippen LogP contribution in [0, 0.1) is 0 Å². The molecule has 1 saturated heterocycles. The van der Waals surface area contributed by atoms with E-state index in [9.17, 15) is 9.59 Å². The second kappa shape index (κ2) is 7.24. The fourth-order valence-electron chi connectivity index (χ4n) is 2.82. The summed E-state index contributed by atoms with van der Waals surface area (Å²) in [7, 11) is 0. The fourth-order valence-corrected chi connectivity index (χ4v) is 2.82. The average molecular weight is 333 g/mol. The number of rotatable bonds is 3. The molecule has 2 rings (SSSR count). The van der Waals surface area contributed by atoms with E-state index in [-0.39, 0.29) is 12.6 Å². The zero-order chi connectivity index (χ0) is 17.8. The number of hydrogen-bond donors (Lipinski definition) is 0. The van der Waals surface area contributed by atoms with Gasteiger partial charge < -0.3 is 9.47 Å². The molecule has 1 fully saturated rings. The Labute approximate surface area is 143 Å². The van der Waals surface area contributed by atoms with E-state index in [1.54, 1.807) is 6.92 Å². The van der Waals surface area contributed by atoms with E-state index in [2.05, 4.69) is 0 Å². The Hall–Kier alpha value is -2.04. The van der Waals surface area contributed by atoms with Crippen LogP contribution in [0.2, 0.25) is 0 Å². The molecular formula is C19H27NO4. The van der Waals surface area contributed by atoms with Crippen molar-refractivity contribution in [3.8, 4) is 0 Å². The second-order valence-electron chi connectivity index (χ2n) is 7.42. The van der Waals surface area contributed by atoms with Gasteiger partial charge in [-0.15, -0.1) is 0 Å². The largest absolute Gasteiger partial charge is 0.459 e. The van der Waals surface area contributed by atoms with Crippen LogP contribution in [0.15, 0.2) is 30.3 Å². The lowest BCUT2D eigenvalue weighted by Crippen LogP contribution is -2.58. The number of piperidine rings is 1. The number of benzene rings is 1. The van der Waals surface area contributed by atoms with E-state index in [4.69, 9.17) is 9.47 Å². The summed E-state index contributed by atoms with van der Waals surface area (Å²) in [6, 6.07) is 9.53. The number of ether oxygens (including phenoxy) is 2. The van der Waals surface area contributed by atoms with Crippen molar-refractivity contribution in [2.75, 3.05) is 6.54 Å². The van der Waals surface area contributed by atoms with Gasteiger partial charge >= 0.3 is 12.1 Å². The average Bonchev–Trinajstić information content (AvgIpc) is 2.52. The predicted molar refractivity (Wildman–Crippen MR) is 91.4 cm³/mol. The Morgan fingerprint density at radius 2 is 1.83 bits per heavy atom. The lowest BCUT2D eigenvalue weighted by molar-refractivity contribution is -0.160. The minimum Gasteiger partial charge on any atom is -0.459 e. The van der Waals surface area contributed by atoms with Crippen molar-refractivity contribution in [1.82, 2.24) is 4.90 Å². The van der Waals surface area contributed by atoms with Crippen LogP contribution in [0.4, 0.5) is 4.79 Å². The molecule has 0 N–H and O–H groups in total. The summed E-state index contributed by atoms with van der Waals surface area (Å²) in [6.07, 6.45) is 1.87. The van der Waals surface area contributed by atoms with Crippen LogP contribution in [0.1, 0.15) is 52.5 Å². The van der Waals surface area contributed by atoms with Gasteiger partial charge in [-0.05, 0) is 52.5 Å². The van der Waals surface area contributed by atoms with Crippen LogP contribution in [-0.2, 0) is 20.9 Å². The SMILES string of the molecule is CC(C)(C)OC(=O)N1CCCCC1(C)C(=O)OCc1ccccc1. The summed E-state index contributed by atoms with van der Waals surface area (Å²) in [5, 5.41) is 0. The Bertz CT molecular complexity index is 579. The first kappa shape index (κ1) is 18.3. The first-order valence-electron chi connectivity index (χ1n) is 8.44. The third-order valence-corrected chi connectivity index (χ3v) is 4.16. The summed E-state index contributed by atoms with van der Waals surface area (Å²) in [4.78, 5) is 26.7. The molecule has 5 heteroatoms. The normalized spacial score (nSPS) is 21.2. The maximum absolute atomic E-state index is 12.7. The van der Waals surface area contributed by atoms with E-state index < -0.39 is 17.2 Å². The van der Waals surface area contributed by atoms with E-state index in [1.165, 1.54) is 4.90 Å². The van der Waals surface area contributed by atoms with Crippen LogP contribution in [-0.4, -0.2) is 34.6 Å². The number of likely N-dealkylation sites (tertiary alicyclic amines) is 1. The number of nitrogens with zero attached hydrogens (tertiary/aromatic N) is 1. The Kier molecular flexibility index (Phi) is 5.52. The molecule has 0 spiro atoms. The fraction of sp³-hybridized carbons (Fsp3) is 0.579. The zero-order valence-corrected chi connectivity index (χ0v) is 15.0. The summed E-state index contributed by atoms with van der Waals surface area (Å²) >= 11 is 0. The van der Waals surface area contributed by atoms with Crippen LogP contribution < -0.4 is 0 Å². The Morgan fingerprint density at radius 1 is 1.17 bits per heavy atom. The molecule has 1 aliphatic rings. The number of hydrogen-bond acceptors (Lipinski definition) is 4. The van der Waals surface area contributed by atoms with Crippen molar-refractivity contribution in [1.29, 1.82) is 0 Å². The van der Waals surface area contributed by atoms with Crippen LogP contribution in [0.3, 0.4) is 0 Å². The highest BCUT2D eigenvalue weighted by atomic mass is 16.6. The quantitative estimate of drug-likeness (QED) is 0.787. The molecule has 1 aromatic rings. The summed E-state index contributed by atoms with van der Waals surface area (Å²) in [6.45, 7) is 7.94. The third kappa shape index (κ3) is 4.49. The third-order valence-electron chi connectivity index (χ3n) is 4.16. The maximum atomic E-state index is 12.7. The van der Waals surface area contributed by atoms with Gasteiger partial charge in [-0.25, -0.2) is 9.59 Å². The molecule has 0 bridgehead atoms. The highest BCUT2D eigenvalue weighted by molar-refractivity contribution is 5.85. The molecule has 0 aliphatic carbocycles. The first-order chi connectivity index (χ1) is 11.2. The minimum atomic E-state index is -0.977. The van der Waals surface area contributed by atoms with E-state index in [0.717, 1.165) is 18.4 Å². The number of amides is 1. The molecule has 1 aromatic carbocycles. The first-order valence-corrected chi connectivity index (χ1v) is 8.44. The monoisotopic (exact) mass is 333 g/mol. The van der Waals surface area contributed by atoms with E-state index in [0.29, 0.717) is 13.0 Å². The van der Waals surface area contributed by atoms with Gasteiger partial charge in [-0.2, -0.15) is 0 Å². The van der Waals surface area contributed by atoms with Crippen molar-refractivity contribution >= 4 is 12.1 Å². The van der Waals surface area contributed by atoms with Gasteiger partial charge in [0.2, 0.25) is 0 Å². The van der Waals surface area contributed by atoms with Gasteiger partial charge in [-0.3, -0.25) is 4.90 Å². The van der Waals surface area contributed by atoms with Crippen molar-refractivity contribution in [3.05, 3.63) is 35.9 Å². The van der Waals surface area contributed by atoms with Gasteiger partial charge in [0.1, 0.15) is 17.7 Å². The predicted octanol–water partition coefficient (Wildman–Crippen LogP) is 3.91. The van der Waals surface area contributed by atoms with Gasteiger partial charge in [0, 0.05) is 6.54 Å². The molecule has 0 radical (unpaired) electrons. The molecule has 1 aliphatic heterocycles. The van der Waals surface area contributed by atoms with Gasteiger partial charge in [0.05, 0.1) is 0 Å². The van der Waals surface area contributed by atoms with Crippen LogP contribution >= 0.6 is 0 Å². The van der Waals surface area contributed by atoms with Gasteiger partial charge in [-0.1, -0.05) is 30.3 Å². The van der Waals surface area contributed by atoms with Crippen LogP contribution in [0.5, 0.6) is 0 Å². The highest BCUT2D eigenvalue weighted by Gasteiger charge is 2.46. The standard InChI is InChI=1S/C19H27NO4/c1-18(2,3)24-17(22)20-13-9-8-12-19(20,4)16(21)23-14-15-10-6-5-7-11-15/h5-7,10-11H,8-9,12-14H2,1-4H3. The van der Waals surface area contributed by atoms with Crippen molar-refractivity contribution in [2.45, 2.75) is 64.7 Å². The number of esters is 1. The lowest BCUT2D eigenvalue weighted by Gasteiger charge is -2.42. The molecule has 1 amide bonds. The smallest absolute Gasteiger partial charge is 0.411 e. The molecule has 1 unspecified atom stereocenters. The highest BCUT2D eigenvalue weighted by Crippen LogP contribution is 2.31. The zero-order valence-electron chi connectivity index (χ0n) is 15.0. The van der Waals surface area contributed by atoms with Gasteiger partial charge in [0.15, 0.2) is 0 Å². The molecule has 1 atom stereocenters. The Balaban J connectivity index is 2.08. The second-order valence-corrected chi connectivity index (χ2v) is 7.42. The summed E-state index contributed by atoms with van der Waals surface area (Å²) < 4.78 is 11.0.